The van der Waals surface area contributed by atoms with Gasteiger partial charge in [-0.05, 0) is 42.7 Å². The van der Waals surface area contributed by atoms with E-state index in [0.717, 1.165) is 11.3 Å². The Bertz CT molecular complexity index is 774. The molecule has 0 saturated heterocycles. The van der Waals surface area contributed by atoms with E-state index in [1.807, 2.05) is 6.07 Å². The normalized spacial score (nSPS) is 13.7. The van der Waals surface area contributed by atoms with Crippen molar-refractivity contribution in [2.75, 3.05) is 10.2 Å². The van der Waals surface area contributed by atoms with E-state index in [4.69, 9.17) is 0 Å². The van der Waals surface area contributed by atoms with Crippen molar-refractivity contribution in [3.63, 3.8) is 0 Å². The molecule has 0 bridgehead atoms. The molecule has 0 spiro atoms. The molecule has 0 fully saturated rings. The van der Waals surface area contributed by atoms with Crippen molar-refractivity contribution in [3.8, 4) is 0 Å². The average molecular weight is 312 g/mol. The van der Waals surface area contributed by atoms with Crippen molar-refractivity contribution in [3.05, 3.63) is 58.9 Å². The largest absolute Gasteiger partial charge is 0.329 e. The summed E-state index contributed by atoms with van der Waals surface area (Å²) in [4.78, 5) is 24.5. The SMILES string of the molecule is Cc1cccc(CN2C(=O)CCc3cc(NC=O)ccc32)c1F. The molecule has 23 heavy (non-hydrogen) atoms. The third-order valence-electron chi connectivity index (χ3n) is 4.11. The van der Waals surface area contributed by atoms with Gasteiger partial charge in [-0.2, -0.15) is 0 Å². The number of hydrogen-bond donors (Lipinski definition) is 1. The Morgan fingerprint density at radius 1 is 1.26 bits per heavy atom. The second-order valence-electron chi connectivity index (χ2n) is 5.63. The summed E-state index contributed by atoms with van der Waals surface area (Å²) >= 11 is 0. The number of anilines is 2. The molecule has 0 atom stereocenters. The fourth-order valence-electron chi connectivity index (χ4n) is 2.89. The summed E-state index contributed by atoms with van der Waals surface area (Å²) in [5.74, 6) is -0.291. The molecule has 0 aliphatic carbocycles. The summed E-state index contributed by atoms with van der Waals surface area (Å²) in [6.07, 6.45) is 1.62. The Morgan fingerprint density at radius 3 is 2.87 bits per heavy atom. The Kier molecular flexibility index (Phi) is 4.10. The van der Waals surface area contributed by atoms with Crippen LogP contribution in [0.5, 0.6) is 0 Å². The van der Waals surface area contributed by atoms with Crippen LogP contribution in [-0.2, 0) is 22.6 Å². The van der Waals surface area contributed by atoms with Gasteiger partial charge < -0.3 is 10.2 Å². The van der Waals surface area contributed by atoms with E-state index in [1.54, 1.807) is 42.2 Å². The smallest absolute Gasteiger partial charge is 0.227 e. The van der Waals surface area contributed by atoms with E-state index in [0.29, 0.717) is 36.1 Å². The highest BCUT2D eigenvalue weighted by atomic mass is 19.1. The summed E-state index contributed by atoms with van der Waals surface area (Å²) < 4.78 is 14.2. The molecule has 2 aromatic rings. The topological polar surface area (TPSA) is 49.4 Å². The van der Waals surface area contributed by atoms with Gasteiger partial charge >= 0.3 is 0 Å². The van der Waals surface area contributed by atoms with Crippen LogP contribution >= 0.6 is 0 Å². The Hall–Kier alpha value is -2.69. The predicted molar refractivity (Wildman–Crippen MR) is 86.8 cm³/mol. The third-order valence-corrected chi connectivity index (χ3v) is 4.11. The number of fused-ring (bicyclic) bond motifs is 1. The van der Waals surface area contributed by atoms with Gasteiger partial charge in [-0.25, -0.2) is 4.39 Å². The highest BCUT2D eigenvalue weighted by Crippen LogP contribution is 2.32. The molecule has 1 aliphatic rings. The molecule has 2 aromatic carbocycles. The molecular weight excluding hydrogens is 295 g/mol. The van der Waals surface area contributed by atoms with Gasteiger partial charge in [-0.1, -0.05) is 18.2 Å². The van der Waals surface area contributed by atoms with Crippen molar-refractivity contribution in [1.29, 1.82) is 0 Å². The number of benzene rings is 2. The number of aryl methyl sites for hydroxylation is 2. The Morgan fingerprint density at radius 2 is 2.09 bits per heavy atom. The molecule has 2 amide bonds. The number of halogens is 1. The van der Waals surface area contributed by atoms with Gasteiger partial charge in [-0.3, -0.25) is 9.59 Å². The minimum Gasteiger partial charge on any atom is -0.329 e. The van der Waals surface area contributed by atoms with Crippen molar-refractivity contribution < 1.29 is 14.0 Å². The lowest BCUT2D eigenvalue weighted by molar-refractivity contribution is -0.119. The molecule has 0 saturated carbocycles. The zero-order valence-corrected chi connectivity index (χ0v) is 12.8. The fourth-order valence-corrected chi connectivity index (χ4v) is 2.89. The zero-order chi connectivity index (χ0) is 16.4. The molecule has 5 heteroatoms. The van der Waals surface area contributed by atoms with Gasteiger partial charge in [0.1, 0.15) is 5.82 Å². The molecular formula is C18H17FN2O2. The molecule has 0 unspecified atom stereocenters. The molecule has 3 rings (SSSR count). The minimum atomic E-state index is -0.272. The van der Waals surface area contributed by atoms with Gasteiger partial charge in [0.25, 0.3) is 0 Å². The first-order valence-electron chi connectivity index (χ1n) is 7.47. The standard InChI is InChI=1S/C18H17FN2O2/c1-12-3-2-4-14(18(12)19)10-21-16-7-6-15(20-11-22)9-13(16)5-8-17(21)23/h2-4,6-7,9,11H,5,8,10H2,1H3,(H,20,22). The van der Waals surface area contributed by atoms with Crippen LogP contribution in [0.3, 0.4) is 0 Å². The van der Waals surface area contributed by atoms with E-state index >= 15 is 0 Å². The number of amides is 2. The molecule has 118 valence electrons. The first kappa shape index (κ1) is 15.2. The second-order valence-corrected chi connectivity index (χ2v) is 5.63. The Labute approximate surface area is 133 Å². The first-order chi connectivity index (χ1) is 11.1. The molecule has 0 radical (unpaired) electrons. The van der Waals surface area contributed by atoms with Crippen LogP contribution < -0.4 is 10.2 Å². The molecule has 1 N–H and O–H groups in total. The number of carbonyl (C=O) groups is 2. The summed E-state index contributed by atoms with van der Waals surface area (Å²) in [5, 5.41) is 2.61. The highest BCUT2D eigenvalue weighted by molar-refractivity contribution is 5.96. The van der Waals surface area contributed by atoms with Crippen molar-refractivity contribution >= 4 is 23.7 Å². The van der Waals surface area contributed by atoms with Crippen LogP contribution in [0.15, 0.2) is 36.4 Å². The number of hydrogen-bond acceptors (Lipinski definition) is 2. The lowest BCUT2D eigenvalue weighted by Gasteiger charge is -2.30. The maximum Gasteiger partial charge on any atom is 0.227 e. The zero-order valence-electron chi connectivity index (χ0n) is 12.8. The van der Waals surface area contributed by atoms with Crippen molar-refractivity contribution in [2.45, 2.75) is 26.3 Å². The number of nitrogens with zero attached hydrogens (tertiary/aromatic N) is 1. The van der Waals surface area contributed by atoms with Crippen LogP contribution in [0, 0.1) is 12.7 Å². The number of carbonyl (C=O) groups excluding carboxylic acids is 2. The molecule has 0 aromatic heterocycles. The molecule has 4 nitrogen and oxygen atoms in total. The average Bonchev–Trinajstić information content (AvgIpc) is 2.54. The van der Waals surface area contributed by atoms with E-state index in [9.17, 15) is 14.0 Å². The van der Waals surface area contributed by atoms with Crippen LogP contribution in [0.2, 0.25) is 0 Å². The van der Waals surface area contributed by atoms with Gasteiger partial charge in [0.05, 0.1) is 6.54 Å². The van der Waals surface area contributed by atoms with Gasteiger partial charge in [0.2, 0.25) is 12.3 Å². The fraction of sp³-hybridized carbons (Fsp3) is 0.222. The third kappa shape index (κ3) is 2.95. The lowest BCUT2D eigenvalue weighted by atomic mass is 9.99. The molecule has 1 heterocycles. The lowest BCUT2D eigenvalue weighted by Crippen LogP contribution is -2.34. The van der Waals surface area contributed by atoms with Crippen LogP contribution in [0.1, 0.15) is 23.1 Å². The van der Waals surface area contributed by atoms with Crippen LogP contribution in [-0.4, -0.2) is 12.3 Å². The van der Waals surface area contributed by atoms with Gasteiger partial charge in [-0.15, -0.1) is 0 Å². The highest BCUT2D eigenvalue weighted by Gasteiger charge is 2.25. The number of rotatable bonds is 4. The van der Waals surface area contributed by atoms with E-state index in [1.165, 1.54) is 0 Å². The quantitative estimate of drug-likeness (QED) is 0.882. The molecule has 1 aliphatic heterocycles. The Balaban J connectivity index is 1.95. The van der Waals surface area contributed by atoms with E-state index in [2.05, 4.69) is 5.32 Å². The van der Waals surface area contributed by atoms with E-state index < -0.39 is 0 Å². The predicted octanol–water partition coefficient (Wildman–Crippen LogP) is 3.18. The summed E-state index contributed by atoms with van der Waals surface area (Å²) in [6, 6.07) is 10.6. The van der Waals surface area contributed by atoms with Gasteiger partial charge in [0.15, 0.2) is 0 Å². The first-order valence-corrected chi connectivity index (χ1v) is 7.47. The minimum absolute atomic E-state index is 0.0190. The maximum absolute atomic E-state index is 14.2. The monoisotopic (exact) mass is 312 g/mol. The summed E-state index contributed by atoms with van der Waals surface area (Å²) in [6.45, 7) is 1.92. The van der Waals surface area contributed by atoms with Crippen LogP contribution in [0.25, 0.3) is 0 Å². The maximum atomic E-state index is 14.2. The van der Waals surface area contributed by atoms with Gasteiger partial charge in [0, 0.05) is 23.4 Å². The van der Waals surface area contributed by atoms with E-state index in [-0.39, 0.29) is 18.3 Å². The van der Waals surface area contributed by atoms with Crippen molar-refractivity contribution in [2.24, 2.45) is 0 Å². The summed E-state index contributed by atoms with van der Waals surface area (Å²) in [5.41, 5.74) is 3.51. The summed E-state index contributed by atoms with van der Waals surface area (Å²) in [7, 11) is 0. The van der Waals surface area contributed by atoms with Crippen molar-refractivity contribution in [1.82, 2.24) is 0 Å². The second kappa shape index (κ2) is 6.20. The number of nitrogens with one attached hydrogen (secondary N) is 1. The van der Waals surface area contributed by atoms with Crippen LogP contribution in [0.4, 0.5) is 15.8 Å².